The largest absolute Gasteiger partial charge is 0.497 e. The van der Waals surface area contributed by atoms with Crippen molar-refractivity contribution in [3.05, 3.63) is 71.4 Å². The van der Waals surface area contributed by atoms with Crippen LogP contribution in [0.2, 0.25) is 0 Å². The number of ether oxygens (including phenoxy) is 1. The van der Waals surface area contributed by atoms with Crippen molar-refractivity contribution in [3.8, 4) is 16.2 Å². The van der Waals surface area contributed by atoms with Gasteiger partial charge in [-0.05, 0) is 61.3 Å². The quantitative estimate of drug-likeness (QED) is 0.638. The van der Waals surface area contributed by atoms with Gasteiger partial charge < -0.3 is 10.1 Å². The van der Waals surface area contributed by atoms with E-state index < -0.39 is 0 Å². The molecule has 146 valence electrons. The molecule has 1 aliphatic rings. The molecular weight excluding hydrogens is 366 g/mol. The molecule has 28 heavy (non-hydrogen) atoms. The first-order valence-corrected chi connectivity index (χ1v) is 10.7. The van der Waals surface area contributed by atoms with Crippen LogP contribution in [0.5, 0.6) is 5.75 Å². The summed E-state index contributed by atoms with van der Waals surface area (Å²) in [6.07, 6.45) is 4.37. The maximum absolute atomic E-state index is 5.23. The average molecular weight is 394 g/mol. The number of piperidine rings is 1. The van der Waals surface area contributed by atoms with Crippen LogP contribution in [-0.4, -0.2) is 36.1 Å². The molecule has 4 nitrogen and oxygen atoms in total. The fourth-order valence-electron chi connectivity index (χ4n) is 3.65. The zero-order valence-corrected chi connectivity index (χ0v) is 17.1. The number of hydrogen-bond acceptors (Lipinski definition) is 5. The van der Waals surface area contributed by atoms with Crippen LogP contribution in [0.15, 0.2) is 60.8 Å². The number of thiazole rings is 1. The van der Waals surface area contributed by atoms with Gasteiger partial charge in [0, 0.05) is 25.3 Å². The van der Waals surface area contributed by atoms with E-state index in [2.05, 4.69) is 57.7 Å². The summed E-state index contributed by atoms with van der Waals surface area (Å²) in [6, 6.07) is 19.5. The minimum atomic E-state index is 0.584. The molecule has 1 N–H and O–H groups in total. The van der Waals surface area contributed by atoms with Crippen LogP contribution in [0.4, 0.5) is 0 Å². The predicted octanol–water partition coefficient (Wildman–Crippen LogP) is 4.57. The van der Waals surface area contributed by atoms with Gasteiger partial charge in [0.05, 0.1) is 12.0 Å². The molecule has 2 aromatic carbocycles. The Labute approximate surface area is 171 Å². The van der Waals surface area contributed by atoms with Crippen LogP contribution in [0, 0.1) is 0 Å². The van der Waals surface area contributed by atoms with Gasteiger partial charge in [0.1, 0.15) is 10.8 Å². The average Bonchev–Trinajstić information content (AvgIpc) is 3.23. The van der Waals surface area contributed by atoms with Crippen molar-refractivity contribution in [3.63, 3.8) is 0 Å². The van der Waals surface area contributed by atoms with Crippen LogP contribution < -0.4 is 10.1 Å². The molecule has 5 heteroatoms. The molecular formula is C23H27N3OS. The van der Waals surface area contributed by atoms with Crippen LogP contribution in [0.1, 0.15) is 23.4 Å². The third kappa shape index (κ3) is 4.98. The van der Waals surface area contributed by atoms with Gasteiger partial charge >= 0.3 is 0 Å². The topological polar surface area (TPSA) is 37.4 Å². The summed E-state index contributed by atoms with van der Waals surface area (Å²) in [5, 5.41) is 4.86. The van der Waals surface area contributed by atoms with Gasteiger partial charge in [-0.1, -0.05) is 30.3 Å². The highest BCUT2D eigenvalue weighted by atomic mass is 32.1. The first-order valence-electron chi connectivity index (χ1n) is 9.89. The third-order valence-electron chi connectivity index (χ3n) is 5.31. The van der Waals surface area contributed by atoms with Crippen LogP contribution in [0.3, 0.4) is 0 Å². The van der Waals surface area contributed by atoms with Crippen LogP contribution in [-0.2, 0) is 13.1 Å². The number of benzene rings is 2. The van der Waals surface area contributed by atoms with Gasteiger partial charge in [0.15, 0.2) is 0 Å². The Hall–Kier alpha value is -2.21. The summed E-state index contributed by atoms with van der Waals surface area (Å²) in [6.45, 7) is 4.22. The molecule has 4 rings (SSSR count). The first kappa shape index (κ1) is 19.1. The van der Waals surface area contributed by atoms with Gasteiger partial charge in [-0.2, -0.15) is 0 Å². The maximum Gasteiger partial charge on any atom is 0.118 e. The number of aromatic nitrogens is 1. The molecule has 0 atom stereocenters. The maximum atomic E-state index is 5.23. The first-order chi connectivity index (χ1) is 13.8. The van der Waals surface area contributed by atoms with Crippen molar-refractivity contribution < 1.29 is 4.74 Å². The Morgan fingerprint density at radius 2 is 1.82 bits per heavy atom. The summed E-state index contributed by atoms with van der Waals surface area (Å²) in [5.74, 6) is 0.883. The van der Waals surface area contributed by atoms with E-state index in [1.165, 1.54) is 28.8 Å². The van der Waals surface area contributed by atoms with Crippen LogP contribution >= 0.6 is 11.3 Å². The van der Waals surface area contributed by atoms with Crippen molar-refractivity contribution in [1.29, 1.82) is 0 Å². The van der Waals surface area contributed by atoms with Gasteiger partial charge in [0.25, 0.3) is 0 Å². The van der Waals surface area contributed by atoms with Crippen molar-refractivity contribution in [2.75, 3.05) is 20.2 Å². The SMILES string of the molecule is COc1ccc(-c2cnc(CNC3CCN(Cc4ccccc4)CC3)s2)cc1. The number of nitrogens with one attached hydrogen (secondary N) is 1. The molecule has 0 spiro atoms. The summed E-state index contributed by atoms with van der Waals surface area (Å²) >= 11 is 1.77. The van der Waals surface area contributed by atoms with Crippen molar-refractivity contribution in [1.82, 2.24) is 15.2 Å². The molecule has 0 bridgehead atoms. The molecule has 1 aromatic heterocycles. The standard InChI is InChI=1S/C23H27N3OS/c1-27-21-9-7-19(8-10-21)22-15-25-23(28-22)16-24-20-11-13-26(14-12-20)17-18-5-3-2-4-6-18/h2-10,15,20,24H,11-14,16-17H2,1H3. The Morgan fingerprint density at radius 1 is 1.07 bits per heavy atom. The molecule has 0 unspecified atom stereocenters. The molecule has 2 heterocycles. The van der Waals surface area contributed by atoms with Gasteiger partial charge in [0.2, 0.25) is 0 Å². The lowest BCUT2D eigenvalue weighted by molar-refractivity contribution is 0.190. The zero-order chi connectivity index (χ0) is 19.2. The summed E-state index contributed by atoms with van der Waals surface area (Å²) in [4.78, 5) is 8.36. The molecule has 0 aliphatic carbocycles. The highest BCUT2D eigenvalue weighted by Gasteiger charge is 2.19. The van der Waals surface area contributed by atoms with E-state index >= 15 is 0 Å². The highest BCUT2D eigenvalue weighted by Crippen LogP contribution is 2.28. The van der Waals surface area contributed by atoms with E-state index in [-0.39, 0.29) is 0 Å². The lowest BCUT2D eigenvalue weighted by Gasteiger charge is -2.32. The van der Waals surface area contributed by atoms with Gasteiger partial charge in [-0.25, -0.2) is 4.98 Å². The van der Waals surface area contributed by atoms with Crippen molar-refractivity contribution >= 4 is 11.3 Å². The van der Waals surface area contributed by atoms with Gasteiger partial charge in [-0.3, -0.25) is 4.90 Å². The number of nitrogens with zero attached hydrogens (tertiary/aromatic N) is 2. The zero-order valence-electron chi connectivity index (χ0n) is 16.3. The number of rotatable bonds is 7. The Balaban J connectivity index is 1.24. The van der Waals surface area contributed by atoms with E-state index in [1.54, 1.807) is 18.4 Å². The Bertz CT molecular complexity index is 855. The second kappa shape index (κ2) is 9.32. The van der Waals surface area contributed by atoms with E-state index in [0.717, 1.165) is 36.9 Å². The summed E-state index contributed by atoms with van der Waals surface area (Å²) in [7, 11) is 1.69. The smallest absolute Gasteiger partial charge is 0.118 e. The van der Waals surface area contributed by atoms with Crippen LogP contribution in [0.25, 0.3) is 10.4 Å². The Morgan fingerprint density at radius 3 is 2.54 bits per heavy atom. The second-order valence-corrected chi connectivity index (χ2v) is 8.38. The monoisotopic (exact) mass is 393 g/mol. The number of likely N-dealkylation sites (tertiary alicyclic amines) is 1. The molecule has 0 amide bonds. The van der Waals surface area contributed by atoms with Gasteiger partial charge in [-0.15, -0.1) is 11.3 Å². The molecule has 1 saturated heterocycles. The lowest BCUT2D eigenvalue weighted by atomic mass is 10.0. The predicted molar refractivity (Wildman–Crippen MR) is 116 cm³/mol. The minimum Gasteiger partial charge on any atom is -0.497 e. The summed E-state index contributed by atoms with van der Waals surface area (Å²) in [5.41, 5.74) is 2.60. The molecule has 0 radical (unpaired) electrons. The lowest BCUT2D eigenvalue weighted by Crippen LogP contribution is -2.41. The number of methoxy groups -OCH3 is 1. The van der Waals surface area contributed by atoms with Crippen molar-refractivity contribution in [2.45, 2.75) is 32.0 Å². The highest BCUT2D eigenvalue weighted by molar-refractivity contribution is 7.15. The van der Waals surface area contributed by atoms with E-state index in [1.807, 2.05) is 18.3 Å². The van der Waals surface area contributed by atoms with Crippen molar-refractivity contribution in [2.24, 2.45) is 0 Å². The number of hydrogen-bond donors (Lipinski definition) is 1. The van der Waals surface area contributed by atoms with E-state index in [4.69, 9.17) is 4.74 Å². The molecule has 1 aliphatic heterocycles. The van der Waals surface area contributed by atoms with E-state index in [0.29, 0.717) is 6.04 Å². The molecule has 0 saturated carbocycles. The normalized spacial score (nSPS) is 15.6. The fourth-order valence-corrected chi connectivity index (χ4v) is 4.52. The van der Waals surface area contributed by atoms with E-state index in [9.17, 15) is 0 Å². The summed E-state index contributed by atoms with van der Waals surface area (Å²) < 4.78 is 5.23. The third-order valence-corrected chi connectivity index (χ3v) is 6.35. The Kier molecular flexibility index (Phi) is 6.37. The minimum absolute atomic E-state index is 0.584. The molecule has 1 fully saturated rings. The second-order valence-electron chi connectivity index (χ2n) is 7.26. The fraction of sp³-hybridized carbons (Fsp3) is 0.348. The molecule has 3 aromatic rings.